The van der Waals surface area contributed by atoms with E-state index in [-0.39, 0.29) is 11.4 Å². The largest absolute Gasteiger partial charge is 0.573 e. The number of nitrogens with one attached hydrogen (secondary N) is 2. The van der Waals surface area contributed by atoms with Crippen LogP contribution in [0.25, 0.3) is 0 Å². The van der Waals surface area contributed by atoms with Gasteiger partial charge in [-0.1, -0.05) is 12.1 Å². The standard InChI is InChI=1S/C12H10BrF3N4O/c1-17-10-9(13)11(19-6-18-10)20-7-4-2-3-5-8(7)21-12(14,15)16/h2-6H,1H3,(H2,17,18,19,20). The molecule has 2 aromatic rings. The maximum atomic E-state index is 12.4. The second-order valence-corrected chi connectivity index (χ2v) is 4.60. The molecule has 0 aliphatic heterocycles. The Morgan fingerprint density at radius 3 is 2.48 bits per heavy atom. The summed E-state index contributed by atoms with van der Waals surface area (Å²) in [5, 5.41) is 5.60. The van der Waals surface area contributed by atoms with Crippen LogP contribution in [0.5, 0.6) is 5.75 Å². The molecule has 0 fully saturated rings. The number of nitrogens with zero attached hydrogens (tertiary/aromatic N) is 2. The average Bonchev–Trinajstić information content (AvgIpc) is 2.41. The minimum absolute atomic E-state index is 0.135. The summed E-state index contributed by atoms with van der Waals surface area (Å²) in [7, 11) is 1.66. The number of hydrogen-bond acceptors (Lipinski definition) is 5. The lowest BCUT2D eigenvalue weighted by Gasteiger charge is -2.15. The van der Waals surface area contributed by atoms with E-state index in [4.69, 9.17) is 0 Å². The fourth-order valence-corrected chi connectivity index (χ4v) is 2.04. The number of hydrogen-bond donors (Lipinski definition) is 2. The first-order chi connectivity index (χ1) is 9.90. The Kier molecular flexibility index (Phi) is 4.51. The van der Waals surface area contributed by atoms with E-state index in [0.29, 0.717) is 16.1 Å². The summed E-state index contributed by atoms with van der Waals surface area (Å²) in [6.07, 6.45) is -3.48. The maximum absolute atomic E-state index is 12.4. The Bertz CT molecular complexity index is 636. The van der Waals surface area contributed by atoms with Crippen LogP contribution in [0.3, 0.4) is 0 Å². The lowest BCUT2D eigenvalue weighted by atomic mass is 10.3. The van der Waals surface area contributed by atoms with Gasteiger partial charge < -0.3 is 15.4 Å². The van der Waals surface area contributed by atoms with Crippen molar-refractivity contribution in [2.45, 2.75) is 6.36 Å². The van der Waals surface area contributed by atoms with E-state index < -0.39 is 6.36 Å². The molecule has 5 nitrogen and oxygen atoms in total. The fourth-order valence-electron chi connectivity index (χ4n) is 1.54. The van der Waals surface area contributed by atoms with Crippen LogP contribution in [0.4, 0.5) is 30.5 Å². The number of rotatable bonds is 4. The zero-order valence-electron chi connectivity index (χ0n) is 10.7. The zero-order chi connectivity index (χ0) is 15.5. The van der Waals surface area contributed by atoms with E-state index in [1.807, 2.05) is 0 Å². The SMILES string of the molecule is CNc1ncnc(Nc2ccccc2OC(F)(F)F)c1Br. The molecule has 1 aromatic carbocycles. The number of aromatic nitrogens is 2. The predicted octanol–water partition coefficient (Wildman–Crippen LogP) is 3.92. The highest BCUT2D eigenvalue weighted by atomic mass is 79.9. The molecule has 0 saturated heterocycles. The molecule has 0 bridgehead atoms. The predicted molar refractivity (Wildman–Crippen MR) is 75.7 cm³/mol. The summed E-state index contributed by atoms with van der Waals surface area (Å²) < 4.78 is 41.5. The van der Waals surface area contributed by atoms with Gasteiger partial charge in [0.2, 0.25) is 0 Å². The Morgan fingerprint density at radius 2 is 1.81 bits per heavy atom. The van der Waals surface area contributed by atoms with Gasteiger partial charge in [-0.05, 0) is 28.1 Å². The zero-order valence-corrected chi connectivity index (χ0v) is 12.3. The number of alkyl halides is 3. The number of ether oxygens (including phenoxy) is 1. The van der Waals surface area contributed by atoms with Gasteiger partial charge in [-0.25, -0.2) is 9.97 Å². The second-order valence-electron chi connectivity index (χ2n) is 3.80. The van der Waals surface area contributed by atoms with Crippen molar-refractivity contribution in [3.05, 3.63) is 35.1 Å². The minimum Gasteiger partial charge on any atom is -0.404 e. The number of para-hydroxylation sites is 2. The molecule has 0 aliphatic rings. The molecule has 21 heavy (non-hydrogen) atoms. The Labute approximate surface area is 126 Å². The molecule has 0 aliphatic carbocycles. The number of benzene rings is 1. The van der Waals surface area contributed by atoms with Crippen LogP contribution < -0.4 is 15.4 Å². The van der Waals surface area contributed by atoms with Crippen molar-refractivity contribution >= 4 is 33.3 Å². The molecular weight excluding hydrogens is 353 g/mol. The molecule has 0 atom stereocenters. The van der Waals surface area contributed by atoms with Crippen LogP contribution >= 0.6 is 15.9 Å². The van der Waals surface area contributed by atoms with Crippen molar-refractivity contribution in [2.24, 2.45) is 0 Å². The average molecular weight is 363 g/mol. The van der Waals surface area contributed by atoms with Crippen LogP contribution in [0.2, 0.25) is 0 Å². The third-order valence-corrected chi connectivity index (χ3v) is 3.14. The summed E-state index contributed by atoms with van der Waals surface area (Å²) in [5.41, 5.74) is 0.135. The highest BCUT2D eigenvalue weighted by Crippen LogP contribution is 2.34. The van der Waals surface area contributed by atoms with Gasteiger partial charge in [-0.3, -0.25) is 0 Å². The fraction of sp³-hybridized carbons (Fsp3) is 0.167. The molecule has 2 N–H and O–H groups in total. The second kappa shape index (κ2) is 6.17. The van der Waals surface area contributed by atoms with Crippen molar-refractivity contribution in [1.29, 1.82) is 0 Å². The molecule has 9 heteroatoms. The lowest BCUT2D eigenvalue weighted by Crippen LogP contribution is -2.18. The summed E-state index contributed by atoms with van der Waals surface area (Å²) >= 11 is 3.27. The quantitative estimate of drug-likeness (QED) is 0.862. The first kappa shape index (κ1) is 15.4. The first-order valence-electron chi connectivity index (χ1n) is 5.71. The van der Waals surface area contributed by atoms with Crippen molar-refractivity contribution in [3.63, 3.8) is 0 Å². The van der Waals surface area contributed by atoms with Gasteiger partial charge in [-0.2, -0.15) is 0 Å². The molecular formula is C12H10BrF3N4O. The van der Waals surface area contributed by atoms with Gasteiger partial charge in [0.1, 0.15) is 22.4 Å². The molecule has 112 valence electrons. The highest BCUT2D eigenvalue weighted by Gasteiger charge is 2.32. The van der Waals surface area contributed by atoms with E-state index in [1.165, 1.54) is 24.5 Å². The summed E-state index contributed by atoms with van der Waals surface area (Å²) in [5.74, 6) is 0.468. The molecule has 1 aromatic heterocycles. The van der Waals surface area contributed by atoms with Crippen LogP contribution in [0, 0.1) is 0 Å². The minimum atomic E-state index is -4.77. The number of halogens is 4. The third-order valence-electron chi connectivity index (χ3n) is 2.39. The Balaban J connectivity index is 2.32. The van der Waals surface area contributed by atoms with E-state index in [9.17, 15) is 13.2 Å². The Hall–Kier alpha value is -2.03. The van der Waals surface area contributed by atoms with Crippen molar-refractivity contribution < 1.29 is 17.9 Å². The first-order valence-corrected chi connectivity index (χ1v) is 6.50. The van der Waals surface area contributed by atoms with Crippen LogP contribution in [0.15, 0.2) is 35.1 Å². The molecule has 1 heterocycles. The van der Waals surface area contributed by atoms with E-state index in [2.05, 4.69) is 41.3 Å². The highest BCUT2D eigenvalue weighted by molar-refractivity contribution is 9.10. The molecule has 0 unspecified atom stereocenters. The third kappa shape index (κ3) is 3.97. The molecule has 2 rings (SSSR count). The summed E-state index contributed by atoms with van der Waals surface area (Å²) in [6, 6.07) is 5.69. The van der Waals surface area contributed by atoms with Crippen LogP contribution in [-0.4, -0.2) is 23.4 Å². The molecule has 0 radical (unpaired) electrons. The van der Waals surface area contributed by atoms with E-state index >= 15 is 0 Å². The van der Waals surface area contributed by atoms with E-state index in [0.717, 1.165) is 0 Å². The monoisotopic (exact) mass is 362 g/mol. The molecule has 0 amide bonds. The van der Waals surface area contributed by atoms with Crippen molar-refractivity contribution in [2.75, 3.05) is 17.7 Å². The van der Waals surface area contributed by atoms with Crippen molar-refractivity contribution in [3.8, 4) is 5.75 Å². The van der Waals surface area contributed by atoms with Gasteiger partial charge in [0.25, 0.3) is 0 Å². The lowest BCUT2D eigenvalue weighted by molar-refractivity contribution is -0.274. The normalized spacial score (nSPS) is 11.1. The summed E-state index contributed by atoms with van der Waals surface area (Å²) in [4.78, 5) is 7.93. The van der Waals surface area contributed by atoms with Gasteiger partial charge in [-0.15, -0.1) is 13.2 Å². The van der Waals surface area contributed by atoms with Crippen LogP contribution in [0.1, 0.15) is 0 Å². The maximum Gasteiger partial charge on any atom is 0.573 e. The molecule has 0 saturated carbocycles. The van der Waals surface area contributed by atoms with Crippen molar-refractivity contribution in [1.82, 2.24) is 9.97 Å². The molecule has 0 spiro atoms. The van der Waals surface area contributed by atoms with Crippen LogP contribution in [-0.2, 0) is 0 Å². The summed E-state index contributed by atoms with van der Waals surface area (Å²) in [6.45, 7) is 0. The van der Waals surface area contributed by atoms with Gasteiger partial charge in [0.05, 0.1) is 5.69 Å². The number of anilines is 3. The van der Waals surface area contributed by atoms with Gasteiger partial charge >= 0.3 is 6.36 Å². The van der Waals surface area contributed by atoms with E-state index in [1.54, 1.807) is 13.1 Å². The topological polar surface area (TPSA) is 59.1 Å². The Morgan fingerprint density at radius 1 is 1.14 bits per heavy atom. The van der Waals surface area contributed by atoms with Gasteiger partial charge in [0, 0.05) is 7.05 Å². The smallest absolute Gasteiger partial charge is 0.404 e. The van der Waals surface area contributed by atoms with Gasteiger partial charge in [0.15, 0.2) is 5.75 Å².